The highest BCUT2D eigenvalue weighted by molar-refractivity contribution is 5.94. The zero-order valence-corrected chi connectivity index (χ0v) is 18.9. The van der Waals surface area contributed by atoms with Gasteiger partial charge in [-0.1, -0.05) is 0 Å². The molecule has 0 bridgehead atoms. The Labute approximate surface area is 188 Å². The van der Waals surface area contributed by atoms with Crippen molar-refractivity contribution in [1.82, 2.24) is 9.88 Å². The van der Waals surface area contributed by atoms with E-state index in [0.717, 1.165) is 17.5 Å². The lowest BCUT2D eigenvalue weighted by molar-refractivity contribution is -0.181. The monoisotopic (exact) mass is 442 g/mol. The third-order valence-corrected chi connectivity index (χ3v) is 6.33. The van der Waals surface area contributed by atoms with Gasteiger partial charge in [0.25, 0.3) is 5.91 Å². The van der Waals surface area contributed by atoms with E-state index in [2.05, 4.69) is 4.98 Å². The maximum atomic E-state index is 13.6. The van der Waals surface area contributed by atoms with Gasteiger partial charge < -0.3 is 19.5 Å². The molecule has 2 fully saturated rings. The van der Waals surface area contributed by atoms with Crippen LogP contribution in [0.25, 0.3) is 0 Å². The number of ether oxygens (including phenoxy) is 2. The Bertz CT molecular complexity index is 972. The van der Waals surface area contributed by atoms with Gasteiger partial charge in [-0.3, -0.25) is 9.78 Å². The number of pyridine rings is 1. The number of benzene rings is 1. The molecule has 1 aromatic carbocycles. The van der Waals surface area contributed by atoms with E-state index >= 15 is 0 Å². The van der Waals surface area contributed by atoms with Crippen LogP contribution in [-0.2, 0) is 4.74 Å². The molecule has 2 saturated heterocycles. The van der Waals surface area contributed by atoms with Crippen LogP contribution < -0.4 is 4.74 Å². The summed E-state index contributed by atoms with van der Waals surface area (Å²) in [5.74, 6) is 0.360. The fourth-order valence-electron chi connectivity index (χ4n) is 4.76. The molecule has 3 heterocycles. The van der Waals surface area contributed by atoms with Gasteiger partial charge in [0.05, 0.1) is 30.1 Å². The number of halogens is 1. The maximum Gasteiger partial charge on any atom is 0.253 e. The molecule has 2 unspecified atom stereocenters. The number of aryl methyl sites for hydroxylation is 1. The zero-order valence-electron chi connectivity index (χ0n) is 18.9. The van der Waals surface area contributed by atoms with Crippen molar-refractivity contribution in [1.29, 1.82) is 0 Å². The minimum Gasteiger partial charge on any atom is -0.491 e. The van der Waals surface area contributed by atoms with E-state index in [4.69, 9.17) is 9.47 Å². The fourth-order valence-corrected chi connectivity index (χ4v) is 4.76. The predicted octanol–water partition coefficient (Wildman–Crippen LogP) is 4.20. The van der Waals surface area contributed by atoms with Gasteiger partial charge in [0.15, 0.2) is 0 Å². The molecule has 4 rings (SSSR count). The number of hydrogen-bond donors (Lipinski definition) is 1. The Morgan fingerprint density at radius 3 is 2.69 bits per heavy atom. The molecule has 2 aromatic rings. The van der Waals surface area contributed by atoms with Crippen LogP contribution in [0.4, 0.5) is 4.39 Å². The Hall–Kier alpha value is -2.51. The molecule has 6 nitrogen and oxygen atoms in total. The van der Waals surface area contributed by atoms with Crippen molar-refractivity contribution in [3.05, 3.63) is 59.2 Å². The van der Waals surface area contributed by atoms with Crippen molar-refractivity contribution in [3.63, 3.8) is 0 Å². The molecule has 0 radical (unpaired) electrons. The van der Waals surface area contributed by atoms with Crippen molar-refractivity contribution >= 4 is 5.91 Å². The minimum atomic E-state index is -0.532. The number of piperidine rings is 1. The summed E-state index contributed by atoms with van der Waals surface area (Å²) in [6, 6.07) is 6.95. The third-order valence-electron chi connectivity index (χ3n) is 6.33. The highest BCUT2D eigenvalue weighted by Gasteiger charge is 2.44. The molecule has 1 aromatic heterocycles. The summed E-state index contributed by atoms with van der Waals surface area (Å²) >= 11 is 0. The van der Waals surface area contributed by atoms with Crippen LogP contribution >= 0.6 is 0 Å². The number of aliphatic hydroxyl groups excluding tert-OH is 1. The highest BCUT2D eigenvalue weighted by Crippen LogP contribution is 2.43. The van der Waals surface area contributed by atoms with Crippen LogP contribution in [0.3, 0.4) is 0 Å². The average molecular weight is 443 g/mol. The van der Waals surface area contributed by atoms with E-state index in [1.165, 1.54) is 6.07 Å². The molecule has 1 N–H and O–H groups in total. The summed E-state index contributed by atoms with van der Waals surface area (Å²) in [5, 5.41) is 10.5. The Balaban J connectivity index is 1.42. The second-order valence-corrected chi connectivity index (χ2v) is 9.26. The summed E-state index contributed by atoms with van der Waals surface area (Å²) in [6.07, 6.45) is 4.08. The van der Waals surface area contributed by atoms with Crippen LogP contribution in [0.2, 0.25) is 0 Å². The highest BCUT2D eigenvalue weighted by atomic mass is 19.1. The molecule has 2 aliphatic rings. The van der Waals surface area contributed by atoms with Gasteiger partial charge in [-0.2, -0.15) is 0 Å². The second kappa shape index (κ2) is 9.16. The van der Waals surface area contributed by atoms with E-state index < -0.39 is 23.6 Å². The average Bonchev–Trinajstić information content (AvgIpc) is 2.74. The number of aliphatic hydroxyl groups is 1. The molecule has 1 amide bonds. The van der Waals surface area contributed by atoms with Gasteiger partial charge in [0, 0.05) is 43.3 Å². The van der Waals surface area contributed by atoms with Gasteiger partial charge in [-0.05, 0) is 63.4 Å². The van der Waals surface area contributed by atoms with Crippen LogP contribution in [0.5, 0.6) is 5.75 Å². The van der Waals surface area contributed by atoms with Crippen molar-refractivity contribution in [3.8, 4) is 5.75 Å². The number of likely N-dealkylation sites (tertiary alicyclic amines) is 1. The molecule has 7 heteroatoms. The van der Waals surface area contributed by atoms with Crippen LogP contribution in [0.1, 0.15) is 67.1 Å². The predicted molar refractivity (Wildman–Crippen MR) is 118 cm³/mol. The molecule has 0 aliphatic carbocycles. The van der Waals surface area contributed by atoms with Crippen LogP contribution in [0, 0.1) is 12.7 Å². The quantitative estimate of drug-likeness (QED) is 0.768. The number of nitrogens with zero attached hydrogens (tertiary/aromatic N) is 2. The maximum absolute atomic E-state index is 13.6. The number of carbonyl (C=O) groups is 1. The van der Waals surface area contributed by atoms with Gasteiger partial charge in [-0.15, -0.1) is 0 Å². The first kappa shape index (κ1) is 22.7. The molecular formula is C25H31FN2O4. The Morgan fingerprint density at radius 1 is 1.28 bits per heavy atom. The largest absolute Gasteiger partial charge is 0.491 e. The Morgan fingerprint density at radius 2 is 2.03 bits per heavy atom. The lowest BCUT2D eigenvalue weighted by Crippen LogP contribution is -2.52. The van der Waals surface area contributed by atoms with Crippen LogP contribution in [0.15, 0.2) is 36.7 Å². The lowest BCUT2D eigenvalue weighted by atomic mass is 9.81. The Kier molecular flexibility index (Phi) is 6.49. The van der Waals surface area contributed by atoms with Gasteiger partial charge in [-0.25, -0.2) is 4.39 Å². The van der Waals surface area contributed by atoms with Crippen molar-refractivity contribution in [2.75, 3.05) is 13.1 Å². The van der Waals surface area contributed by atoms with Crippen molar-refractivity contribution in [2.45, 2.75) is 70.4 Å². The smallest absolute Gasteiger partial charge is 0.253 e. The first-order valence-corrected chi connectivity index (χ1v) is 11.3. The van der Waals surface area contributed by atoms with E-state index in [0.29, 0.717) is 49.9 Å². The lowest BCUT2D eigenvalue weighted by Gasteiger charge is -2.48. The number of carbonyl (C=O) groups excluding carboxylic acids is 1. The fraction of sp³-hybridized carbons (Fsp3) is 0.520. The topological polar surface area (TPSA) is 71.9 Å². The van der Waals surface area contributed by atoms with Crippen LogP contribution in [-0.4, -0.2) is 51.8 Å². The molecule has 2 aliphatic heterocycles. The number of aromatic nitrogens is 1. The molecule has 32 heavy (non-hydrogen) atoms. The molecule has 1 spiro atoms. The zero-order chi connectivity index (χ0) is 22.9. The van der Waals surface area contributed by atoms with E-state index in [1.54, 1.807) is 6.20 Å². The van der Waals surface area contributed by atoms with Crippen molar-refractivity contribution < 1.29 is 23.8 Å². The second-order valence-electron chi connectivity index (χ2n) is 9.26. The van der Waals surface area contributed by atoms with Gasteiger partial charge in [0.2, 0.25) is 0 Å². The standard InChI is InChI=1S/C25H31FN2O4/c1-16(2)31-22-5-4-18(10-17(22)3)24(30)28-8-6-25(7-9-28)13-21(29)12-23(32-25)19-11-20(26)15-27-14-19/h4-5,10-11,14-16,21,23,29H,6-9,12-13H2,1-3H3. The molecule has 2 atom stereocenters. The number of hydrogen-bond acceptors (Lipinski definition) is 5. The van der Waals surface area contributed by atoms with Gasteiger partial charge in [0.1, 0.15) is 11.6 Å². The number of amides is 1. The summed E-state index contributed by atoms with van der Waals surface area (Å²) in [4.78, 5) is 18.8. The summed E-state index contributed by atoms with van der Waals surface area (Å²) < 4.78 is 25.8. The normalized spacial score (nSPS) is 22.9. The molecule has 172 valence electrons. The minimum absolute atomic E-state index is 0.0127. The van der Waals surface area contributed by atoms with Gasteiger partial charge >= 0.3 is 0 Å². The van der Waals surface area contributed by atoms with Crippen molar-refractivity contribution in [2.24, 2.45) is 0 Å². The van der Waals surface area contributed by atoms with E-state index in [9.17, 15) is 14.3 Å². The molecular weight excluding hydrogens is 411 g/mol. The first-order valence-electron chi connectivity index (χ1n) is 11.3. The summed E-state index contributed by atoms with van der Waals surface area (Å²) in [7, 11) is 0. The number of rotatable bonds is 4. The van der Waals surface area contributed by atoms with E-state index in [1.807, 2.05) is 43.9 Å². The summed E-state index contributed by atoms with van der Waals surface area (Å²) in [6.45, 7) is 6.98. The first-order chi connectivity index (χ1) is 15.2. The summed E-state index contributed by atoms with van der Waals surface area (Å²) in [5.41, 5.74) is 1.70. The third kappa shape index (κ3) is 4.94. The van der Waals surface area contributed by atoms with E-state index in [-0.39, 0.29) is 12.0 Å². The SMILES string of the molecule is Cc1cc(C(=O)N2CCC3(CC2)CC(O)CC(c2cncc(F)c2)O3)ccc1OC(C)C. The molecule has 0 saturated carbocycles.